The van der Waals surface area contributed by atoms with E-state index in [1.165, 1.54) is 0 Å². The van der Waals surface area contributed by atoms with E-state index in [9.17, 15) is 9.90 Å². The molecule has 0 bridgehead atoms. The van der Waals surface area contributed by atoms with E-state index in [-0.39, 0.29) is 11.3 Å². The molecule has 0 unspecified atom stereocenters. The van der Waals surface area contributed by atoms with Crippen molar-refractivity contribution in [1.29, 1.82) is 0 Å². The number of amides is 1. The fourth-order valence-corrected chi connectivity index (χ4v) is 3.44. The predicted octanol–water partition coefficient (Wildman–Crippen LogP) is 3.68. The average molecular weight is 338 g/mol. The monoisotopic (exact) mass is 338 g/mol. The number of nitrogens with zero attached hydrogens (tertiary/aromatic N) is 2. The van der Waals surface area contributed by atoms with Gasteiger partial charge in [-0.25, -0.2) is 0 Å². The Morgan fingerprint density at radius 1 is 1.16 bits per heavy atom. The van der Waals surface area contributed by atoms with Gasteiger partial charge >= 0.3 is 0 Å². The maximum absolute atomic E-state index is 13.3. The average Bonchev–Trinajstić information content (AvgIpc) is 2.57. The topological polar surface area (TPSA) is 53.4 Å². The number of benzene rings is 1. The van der Waals surface area contributed by atoms with Gasteiger partial charge in [-0.05, 0) is 37.5 Å². The molecule has 2 heterocycles. The van der Waals surface area contributed by atoms with Gasteiger partial charge in [-0.15, -0.1) is 0 Å². The smallest absolute Gasteiger partial charge is 0.256 e. The number of aliphatic hydroxyl groups is 1. The minimum atomic E-state index is -0.768. The van der Waals surface area contributed by atoms with Crippen LogP contribution >= 0.6 is 0 Å². The molecule has 3 rings (SSSR count). The first-order valence-corrected chi connectivity index (χ1v) is 8.76. The van der Waals surface area contributed by atoms with Crippen LogP contribution in [0.15, 0.2) is 42.6 Å². The molecule has 1 N–H and O–H groups in total. The molecule has 1 fully saturated rings. The number of hydrogen-bond donors (Lipinski definition) is 1. The van der Waals surface area contributed by atoms with Crippen molar-refractivity contribution >= 4 is 5.91 Å². The Bertz CT molecular complexity index is 782. The van der Waals surface area contributed by atoms with Crippen molar-refractivity contribution in [3.63, 3.8) is 0 Å². The van der Waals surface area contributed by atoms with Crippen LogP contribution in [0.4, 0.5) is 0 Å². The standard InChI is InChI=1S/C21H26N2O2/c1-15-18(17(10-12-22-15)16-8-6-5-7-9-16)19(24)23-13-11-21(4,25)20(2,3)14-23/h5-10,12,25H,11,13-14H2,1-4H3/t21-/m0/s1. The number of hydrogen-bond acceptors (Lipinski definition) is 3. The Labute approximate surface area is 149 Å². The summed E-state index contributed by atoms with van der Waals surface area (Å²) < 4.78 is 0. The molecule has 1 saturated heterocycles. The molecule has 0 aliphatic carbocycles. The second kappa shape index (κ2) is 6.26. The summed E-state index contributed by atoms with van der Waals surface area (Å²) in [5.74, 6) is -0.00646. The number of aromatic nitrogens is 1. The number of pyridine rings is 1. The summed E-state index contributed by atoms with van der Waals surface area (Å²) in [6.45, 7) is 8.85. The highest BCUT2D eigenvalue weighted by atomic mass is 16.3. The highest BCUT2D eigenvalue weighted by Gasteiger charge is 2.45. The summed E-state index contributed by atoms with van der Waals surface area (Å²) in [4.78, 5) is 19.5. The van der Waals surface area contributed by atoms with Crippen LogP contribution in [0, 0.1) is 12.3 Å². The van der Waals surface area contributed by atoms with E-state index < -0.39 is 5.60 Å². The van der Waals surface area contributed by atoms with E-state index in [0.717, 1.165) is 16.8 Å². The van der Waals surface area contributed by atoms with Gasteiger partial charge in [-0.3, -0.25) is 9.78 Å². The minimum Gasteiger partial charge on any atom is -0.389 e. The van der Waals surface area contributed by atoms with E-state index in [2.05, 4.69) is 4.98 Å². The minimum absolute atomic E-state index is 0.00646. The van der Waals surface area contributed by atoms with Crippen molar-refractivity contribution in [1.82, 2.24) is 9.88 Å². The van der Waals surface area contributed by atoms with Crippen LogP contribution < -0.4 is 0 Å². The zero-order chi connectivity index (χ0) is 18.2. The molecule has 0 saturated carbocycles. The number of likely N-dealkylation sites (tertiary alicyclic amines) is 1. The second-order valence-corrected chi connectivity index (χ2v) is 7.82. The summed E-state index contributed by atoms with van der Waals surface area (Å²) >= 11 is 0. The molecule has 4 nitrogen and oxygen atoms in total. The lowest BCUT2D eigenvalue weighted by atomic mass is 9.71. The van der Waals surface area contributed by atoms with Gasteiger partial charge in [0.1, 0.15) is 0 Å². The molecule has 1 aliphatic heterocycles. The van der Waals surface area contributed by atoms with E-state index in [1.807, 2.05) is 69.0 Å². The molecule has 0 spiro atoms. The number of aryl methyl sites for hydroxylation is 1. The molecular formula is C21H26N2O2. The molecule has 1 aliphatic rings. The molecule has 1 amide bonds. The van der Waals surface area contributed by atoms with Crippen LogP contribution in [0.2, 0.25) is 0 Å². The fraction of sp³-hybridized carbons (Fsp3) is 0.429. The SMILES string of the molecule is Cc1nccc(-c2ccccc2)c1C(=O)N1CC[C@](C)(O)C(C)(C)C1. The number of rotatable bonds is 2. The van der Waals surface area contributed by atoms with Crippen LogP contribution in [-0.2, 0) is 0 Å². The zero-order valence-corrected chi connectivity index (χ0v) is 15.4. The Balaban J connectivity index is 1.99. The molecule has 2 aromatic rings. The van der Waals surface area contributed by atoms with E-state index in [4.69, 9.17) is 0 Å². The molecule has 132 valence electrons. The molecule has 1 aromatic heterocycles. The molecular weight excluding hydrogens is 312 g/mol. The maximum atomic E-state index is 13.3. The van der Waals surface area contributed by atoms with Crippen molar-refractivity contribution in [2.75, 3.05) is 13.1 Å². The quantitative estimate of drug-likeness (QED) is 0.909. The number of carbonyl (C=O) groups excluding carboxylic acids is 1. The first-order chi connectivity index (χ1) is 11.7. The number of carbonyl (C=O) groups is 1. The van der Waals surface area contributed by atoms with Crippen LogP contribution in [-0.4, -0.2) is 39.6 Å². The van der Waals surface area contributed by atoms with Gasteiger partial charge in [0.05, 0.1) is 16.9 Å². The predicted molar refractivity (Wildman–Crippen MR) is 99.3 cm³/mol. The third kappa shape index (κ3) is 3.19. The van der Waals surface area contributed by atoms with Crippen molar-refractivity contribution < 1.29 is 9.90 Å². The molecule has 25 heavy (non-hydrogen) atoms. The van der Waals surface area contributed by atoms with Gasteiger partial charge in [0, 0.05) is 24.7 Å². The molecule has 0 radical (unpaired) electrons. The number of piperidine rings is 1. The van der Waals surface area contributed by atoms with Gasteiger partial charge in [0.25, 0.3) is 5.91 Å². The van der Waals surface area contributed by atoms with Gasteiger partial charge in [-0.1, -0.05) is 44.2 Å². The first kappa shape index (κ1) is 17.6. The lowest BCUT2D eigenvalue weighted by Gasteiger charge is -2.48. The summed E-state index contributed by atoms with van der Waals surface area (Å²) in [5, 5.41) is 10.6. The highest BCUT2D eigenvalue weighted by Crippen LogP contribution is 2.39. The van der Waals surface area contributed by atoms with Crippen LogP contribution in [0.25, 0.3) is 11.1 Å². The van der Waals surface area contributed by atoms with Gasteiger partial charge in [0.15, 0.2) is 0 Å². The fourth-order valence-electron chi connectivity index (χ4n) is 3.44. The molecule has 4 heteroatoms. The first-order valence-electron chi connectivity index (χ1n) is 8.76. The highest BCUT2D eigenvalue weighted by molar-refractivity contribution is 6.01. The van der Waals surface area contributed by atoms with E-state index in [1.54, 1.807) is 6.20 Å². The normalized spacial score (nSPS) is 22.7. The van der Waals surface area contributed by atoms with Crippen molar-refractivity contribution in [3.8, 4) is 11.1 Å². The zero-order valence-electron chi connectivity index (χ0n) is 15.4. The third-order valence-electron chi connectivity index (χ3n) is 5.64. The van der Waals surface area contributed by atoms with E-state index in [0.29, 0.717) is 25.1 Å². The summed E-state index contributed by atoms with van der Waals surface area (Å²) in [7, 11) is 0. The van der Waals surface area contributed by atoms with Crippen LogP contribution in [0.1, 0.15) is 43.2 Å². The molecule has 1 atom stereocenters. The Morgan fingerprint density at radius 2 is 1.84 bits per heavy atom. The Morgan fingerprint density at radius 3 is 2.48 bits per heavy atom. The van der Waals surface area contributed by atoms with Crippen molar-refractivity contribution in [2.45, 2.75) is 39.7 Å². The largest absolute Gasteiger partial charge is 0.389 e. The van der Waals surface area contributed by atoms with Crippen LogP contribution in [0.3, 0.4) is 0 Å². The lowest BCUT2D eigenvalue weighted by Crippen LogP contribution is -2.57. The Hall–Kier alpha value is -2.20. The van der Waals surface area contributed by atoms with Crippen LogP contribution in [0.5, 0.6) is 0 Å². The third-order valence-corrected chi connectivity index (χ3v) is 5.64. The second-order valence-electron chi connectivity index (χ2n) is 7.82. The lowest BCUT2D eigenvalue weighted by molar-refractivity contribution is -0.0971. The van der Waals surface area contributed by atoms with Crippen molar-refractivity contribution in [2.24, 2.45) is 5.41 Å². The molecule has 1 aromatic carbocycles. The maximum Gasteiger partial charge on any atom is 0.256 e. The van der Waals surface area contributed by atoms with Gasteiger partial charge < -0.3 is 10.0 Å². The van der Waals surface area contributed by atoms with Crippen molar-refractivity contribution in [3.05, 3.63) is 53.9 Å². The summed E-state index contributed by atoms with van der Waals surface area (Å²) in [5.41, 5.74) is 2.19. The summed E-state index contributed by atoms with van der Waals surface area (Å²) in [6, 6.07) is 11.8. The van der Waals surface area contributed by atoms with E-state index >= 15 is 0 Å². The van der Waals surface area contributed by atoms with Gasteiger partial charge in [-0.2, -0.15) is 0 Å². The Kier molecular flexibility index (Phi) is 4.41. The summed E-state index contributed by atoms with van der Waals surface area (Å²) in [6.07, 6.45) is 2.32. The van der Waals surface area contributed by atoms with Gasteiger partial charge in [0.2, 0.25) is 0 Å².